The Balaban J connectivity index is 1.67. The molecule has 2 aromatic heterocycles. The number of methoxy groups -OCH3 is 1. The maximum Gasteiger partial charge on any atom is 0.213 e. The number of nitrogens with zero attached hydrogens (tertiary/aromatic N) is 2. The molecule has 3 rings (SSSR count). The second-order valence-electron chi connectivity index (χ2n) is 4.73. The molecule has 0 spiro atoms. The van der Waals surface area contributed by atoms with Gasteiger partial charge in [-0.2, -0.15) is 0 Å². The van der Waals surface area contributed by atoms with E-state index in [0.717, 1.165) is 19.4 Å². The SMILES string of the molecule is COc1cc(CNC2CCc3cccnc32)ccn1. The van der Waals surface area contributed by atoms with Gasteiger partial charge in [0, 0.05) is 25.0 Å². The highest BCUT2D eigenvalue weighted by Gasteiger charge is 2.22. The number of ether oxygens (including phenoxy) is 1. The molecule has 0 amide bonds. The molecule has 0 aliphatic heterocycles. The minimum atomic E-state index is 0.357. The molecular formula is C15H17N3O. The third-order valence-corrected chi connectivity index (χ3v) is 3.52. The summed E-state index contributed by atoms with van der Waals surface area (Å²) < 4.78 is 5.13. The molecule has 0 bridgehead atoms. The van der Waals surface area contributed by atoms with Crippen LogP contribution in [0.1, 0.15) is 29.3 Å². The Morgan fingerprint density at radius 3 is 3.16 bits per heavy atom. The van der Waals surface area contributed by atoms with Gasteiger partial charge in [0.15, 0.2) is 0 Å². The Hall–Kier alpha value is -1.94. The molecule has 1 atom stereocenters. The molecule has 1 aliphatic carbocycles. The first-order valence-electron chi connectivity index (χ1n) is 6.53. The van der Waals surface area contributed by atoms with Crippen molar-refractivity contribution in [2.75, 3.05) is 7.11 Å². The topological polar surface area (TPSA) is 47.0 Å². The average molecular weight is 255 g/mol. The maximum atomic E-state index is 5.13. The lowest BCUT2D eigenvalue weighted by molar-refractivity contribution is 0.396. The summed E-state index contributed by atoms with van der Waals surface area (Å²) in [5, 5.41) is 3.56. The van der Waals surface area contributed by atoms with Crippen LogP contribution < -0.4 is 10.1 Å². The summed E-state index contributed by atoms with van der Waals surface area (Å²) in [7, 11) is 1.64. The van der Waals surface area contributed by atoms with E-state index in [9.17, 15) is 0 Å². The molecule has 2 heterocycles. The highest BCUT2D eigenvalue weighted by atomic mass is 16.5. The molecule has 0 radical (unpaired) electrons. The van der Waals surface area contributed by atoms with Crippen LogP contribution in [0, 0.1) is 0 Å². The van der Waals surface area contributed by atoms with Crippen LogP contribution in [0.2, 0.25) is 0 Å². The fraction of sp³-hybridized carbons (Fsp3) is 0.333. The highest BCUT2D eigenvalue weighted by molar-refractivity contribution is 5.28. The first-order valence-corrected chi connectivity index (χ1v) is 6.53. The highest BCUT2D eigenvalue weighted by Crippen LogP contribution is 2.29. The van der Waals surface area contributed by atoms with E-state index in [1.165, 1.54) is 16.8 Å². The fourth-order valence-electron chi connectivity index (χ4n) is 2.52. The smallest absolute Gasteiger partial charge is 0.213 e. The van der Waals surface area contributed by atoms with Crippen LogP contribution in [-0.2, 0) is 13.0 Å². The van der Waals surface area contributed by atoms with Gasteiger partial charge in [-0.05, 0) is 36.1 Å². The molecule has 1 N–H and O–H groups in total. The van der Waals surface area contributed by atoms with Crippen LogP contribution in [0.5, 0.6) is 5.88 Å². The maximum absolute atomic E-state index is 5.13. The molecule has 4 nitrogen and oxygen atoms in total. The zero-order valence-electron chi connectivity index (χ0n) is 11.0. The van der Waals surface area contributed by atoms with E-state index in [-0.39, 0.29) is 0 Å². The summed E-state index contributed by atoms with van der Waals surface area (Å²) in [6.07, 6.45) is 5.88. The van der Waals surface area contributed by atoms with Gasteiger partial charge in [0.25, 0.3) is 0 Å². The minimum Gasteiger partial charge on any atom is -0.481 e. The van der Waals surface area contributed by atoms with Gasteiger partial charge < -0.3 is 10.1 Å². The van der Waals surface area contributed by atoms with Gasteiger partial charge in [-0.25, -0.2) is 4.98 Å². The van der Waals surface area contributed by atoms with Gasteiger partial charge in [0.1, 0.15) is 0 Å². The van der Waals surface area contributed by atoms with Crippen molar-refractivity contribution in [2.24, 2.45) is 0 Å². The van der Waals surface area contributed by atoms with Crippen LogP contribution in [0.4, 0.5) is 0 Å². The summed E-state index contributed by atoms with van der Waals surface area (Å²) in [5.41, 5.74) is 3.74. The van der Waals surface area contributed by atoms with Gasteiger partial charge in [-0.1, -0.05) is 6.07 Å². The Kier molecular flexibility index (Phi) is 3.42. The van der Waals surface area contributed by atoms with Crippen molar-refractivity contribution in [2.45, 2.75) is 25.4 Å². The zero-order chi connectivity index (χ0) is 13.1. The first kappa shape index (κ1) is 12.1. The van der Waals surface area contributed by atoms with Gasteiger partial charge in [-0.3, -0.25) is 4.98 Å². The van der Waals surface area contributed by atoms with E-state index < -0.39 is 0 Å². The average Bonchev–Trinajstić information content (AvgIpc) is 2.89. The van der Waals surface area contributed by atoms with Crippen molar-refractivity contribution in [3.05, 3.63) is 53.5 Å². The Morgan fingerprint density at radius 1 is 1.32 bits per heavy atom. The number of pyridine rings is 2. The van der Waals surface area contributed by atoms with Gasteiger partial charge >= 0.3 is 0 Å². The van der Waals surface area contributed by atoms with Gasteiger partial charge in [0.05, 0.1) is 18.8 Å². The van der Waals surface area contributed by atoms with Crippen molar-refractivity contribution < 1.29 is 4.74 Å². The molecule has 2 aromatic rings. The predicted octanol–water partition coefficient (Wildman–Crippen LogP) is 2.26. The summed E-state index contributed by atoms with van der Waals surface area (Å²) in [5.74, 6) is 0.657. The van der Waals surface area contributed by atoms with Crippen molar-refractivity contribution in [1.82, 2.24) is 15.3 Å². The van der Waals surface area contributed by atoms with Crippen molar-refractivity contribution in [3.63, 3.8) is 0 Å². The van der Waals surface area contributed by atoms with Crippen molar-refractivity contribution in [3.8, 4) is 5.88 Å². The Labute approximate surface area is 112 Å². The molecule has 0 fully saturated rings. The van der Waals surface area contributed by atoms with E-state index in [1.54, 1.807) is 13.3 Å². The number of aryl methyl sites for hydroxylation is 1. The van der Waals surface area contributed by atoms with Gasteiger partial charge in [-0.15, -0.1) is 0 Å². The van der Waals surface area contributed by atoms with Crippen LogP contribution in [-0.4, -0.2) is 17.1 Å². The van der Waals surface area contributed by atoms with E-state index >= 15 is 0 Å². The first-order chi connectivity index (χ1) is 9.36. The Morgan fingerprint density at radius 2 is 2.26 bits per heavy atom. The molecule has 0 saturated carbocycles. The quantitative estimate of drug-likeness (QED) is 0.910. The molecule has 98 valence electrons. The lowest BCUT2D eigenvalue weighted by Gasteiger charge is -2.13. The summed E-state index contributed by atoms with van der Waals surface area (Å²) in [4.78, 5) is 8.60. The third-order valence-electron chi connectivity index (χ3n) is 3.52. The summed E-state index contributed by atoms with van der Waals surface area (Å²) in [6, 6.07) is 8.50. The Bertz CT molecular complexity index is 571. The number of fused-ring (bicyclic) bond motifs is 1. The van der Waals surface area contributed by atoms with E-state index in [1.807, 2.05) is 24.4 Å². The number of hydrogen-bond donors (Lipinski definition) is 1. The lowest BCUT2D eigenvalue weighted by atomic mass is 10.2. The molecular weight excluding hydrogens is 238 g/mol. The molecule has 4 heteroatoms. The second kappa shape index (κ2) is 5.36. The van der Waals surface area contributed by atoms with Gasteiger partial charge in [0.2, 0.25) is 5.88 Å². The van der Waals surface area contributed by atoms with Crippen LogP contribution in [0.3, 0.4) is 0 Å². The third kappa shape index (κ3) is 2.58. The normalized spacial score (nSPS) is 17.2. The molecule has 1 unspecified atom stereocenters. The predicted molar refractivity (Wildman–Crippen MR) is 72.9 cm³/mol. The second-order valence-corrected chi connectivity index (χ2v) is 4.73. The van der Waals surface area contributed by atoms with Crippen LogP contribution in [0.25, 0.3) is 0 Å². The van der Waals surface area contributed by atoms with E-state index in [4.69, 9.17) is 4.74 Å². The fourth-order valence-corrected chi connectivity index (χ4v) is 2.52. The molecule has 0 aromatic carbocycles. The number of nitrogens with one attached hydrogen (secondary N) is 1. The van der Waals surface area contributed by atoms with E-state index in [2.05, 4.69) is 21.4 Å². The largest absolute Gasteiger partial charge is 0.481 e. The van der Waals surface area contributed by atoms with Crippen molar-refractivity contribution >= 4 is 0 Å². The molecule has 19 heavy (non-hydrogen) atoms. The van der Waals surface area contributed by atoms with Crippen LogP contribution >= 0.6 is 0 Å². The molecule has 1 aliphatic rings. The van der Waals surface area contributed by atoms with Crippen LogP contribution in [0.15, 0.2) is 36.7 Å². The van der Waals surface area contributed by atoms with E-state index in [0.29, 0.717) is 11.9 Å². The summed E-state index contributed by atoms with van der Waals surface area (Å²) >= 11 is 0. The standard InChI is InChI=1S/C15H17N3O/c1-19-14-9-11(6-8-16-14)10-18-13-5-4-12-3-2-7-17-15(12)13/h2-3,6-9,13,18H,4-5,10H2,1H3. The minimum absolute atomic E-state index is 0.357. The lowest BCUT2D eigenvalue weighted by Crippen LogP contribution is -2.19. The monoisotopic (exact) mass is 255 g/mol. The number of aromatic nitrogens is 2. The van der Waals surface area contributed by atoms with Crippen molar-refractivity contribution in [1.29, 1.82) is 0 Å². The number of hydrogen-bond acceptors (Lipinski definition) is 4. The number of rotatable bonds is 4. The zero-order valence-corrected chi connectivity index (χ0v) is 11.0. The summed E-state index contributed by atoms with van der Waals surface area (Å²) in [6.45, 7) is 0.805. The molecule has 0 saturated heterocycles.